The van der Waals surface area contributed by atoms with Gasteiger partial charge in [0.25, 0.3) is 0 Å². The van der Waals surface area contributed by atoms with Gasteiger partial charge in [-0.15, -0.1) is 0 Å². The summed E-state index contributed by atoms with van der Waals surface area (Å²) in [5.41, 5.74) is 21.1. The average Bonchev–Trinajstić information content (AvgIpc) is 2.94. The molecule has 0 bridgehead atoms. The molecule has 0 heterocycles. The molecule has 3 atom stereocenters. The number of nitrogens with zero attached hydrogens (tertiary/aromatic N) is 1. The number of benzene rings is 1. The second-order valence-electron chi connectivity index (χ2n) is 9.09. The molecule has 0 amide bonds. The van der Waals surface area contributed by atoms with Crippen LogP contribution in [0.4, 0.5) is 0 Å². The monoisotopic (exact) mass is 405 g/mol. The van der Waals surface area contributed by atoms with Crippen molar-refractivity contribution in [3.8, 4) is 0 Å². The molecule has 150 valence electrons. The van der Waals surface area contributed by atoms with Crippen molar-refractivity contribution in [1.29, 1.82) is 0 Å². The Morgan fingerprint density at radius 1 is 1.14 bits per heavy atom. The number of hydrogen-bond donors (Lipinski definition) is 2. The lowest BCUT2D eigenvalue weighted by Gasteiger charge is -2.35. The molecule has 1 aromatic carbocycles. The zero-order chi connectivity index (χ0) is 20.3. The Bertz CT molecular complexity index is 1040. The van der Waals surface area contributed by atoms with Crippen LogP contribution in [0.15, 0.2) is 58.7 Å². The van der Waals surface area contributed by atoms with Crippen molar-refractivity contribution in [3.05, 3.63) is 75.9 Å². The normalized spacial score (nSPS) is 27.7. The summed E-state index contributed by atoms with van der Waals surface area (Å²) < 4.78 is 0. The Kier molecular flexibility index (Phi) is 4.38. The van der Waals surface area contributed by atoms with Gasteiger partial charge in [-0.1, -0.05) is 68.0 Å². The third-order valence-electron chi connectivity index (χ3n) is 7.12. The van der Waals surface area contributed by atoms with Gasteiger partial charge in [0.2, 0.25) is 0 Å². The minimum Gasteiger partial charge on any atom is -0.384 e. The van der Waals surface area contributed by atoms with E-state index in [1.54, 1.807) is 5.56 Å². The molecule has 4 heteroatoms. The fraction of sp³-hybridized carbons (Fsp3) is 0.400. The van der Waals surface area contributed by atoms with Crippen LogP contribution < -0.4 is 11.5 Å². The predicted molar refractivity (Wildman–Crippen MR) is 122 cm³/mol. The van der Waals surface area contributed by atoms with E-state index in [0.29, 0.717) is 5.84 Å². The third-order valence-corrected chi connectivity index (χ3v) is 7.22. The largest absolute Gasteiger partial charge is 0.384 e. The van der Waals surface area contributed by atoms with Crippen LogP contribution in [0, 0.1) is 11.8 Å². The summed E-state index contributed by atoms with van der Waals surface area (Å²) in [4.78, 5) is 4.26. The van der Waals surface area contributed by atoms with Crippen molar-refractivity contribution >= 4 is 23.0 Å². The van der Waals surface area contributed by atoms with E-state index >= 15 is 0 Å². The highest BCUT2D eigenvalue weighted by atomic mass is 35.5. The Hall–Kier alpha value is -2.10. The maximum absolute atomic E-state index is 6.38. The van der Waals surface area contributed by atoms with Crippen LogP contribution in [-0.2, 0) is 18.3 Å². The smallest absolute Gasteiger partial charge is 0.175 e. The van der Waals surface area contributed by atoms with Crippen LogP contribution in [0.25, 0.3) is 5.57 Å². The molecule has 0 aromatic heterocycles. The molecule has 3 nitrogen and oxygen atoms in total. The number of alkyl halides is 1. The van der Waals surface area contributed by atoms with Crippen LogP contribution in [0.5, 0.6) is 0 Å². The average molecular weight is 406 g/mol. The number of aliphatic imine (C=N–C) groups is 1. The number of hydrogen-bond acceptors (Lipinski definition) is 2. The Labute approximate surface area is 177 Å². The second kappa shape index (κ2) is 6.72. The maximum Gasteiger partial charge on any atom is 0.175 e. The molecule has 29 heavy (non-hydrogen) atoms. The Morgan fingerprint density at radius 3 is 2.62 bits per heavy atom. The Balaban J connectivity index is 1.77. The van der Waals surface area contributed by atoms with Gasteiger partial charge in [0.05, 0.1) is 0 Å². The number of nitrogens with two attached hydrogens (primary N) is 2. The third kappa shape index (κ3) is 2.78. The molecule has 4 aliphatic carbocycles. The molecule has 0 radical (unpaired) electrons. The number of aryl methyl sites for hydroxylation is 1. The lowest BCUT2D eigenvalue weighted by Crippen LogP contribution is -2.31. The highest BCUT2D eigenvalue weighted by molar-refractivity contribution is 6.21. The molecule has 0 spiro atoms. The first-order valence-electron chi connectivity index (χ1n) is 10.6. The van der Waals surface area contributed by atoms with E-state index in [-0.39, 0.29) is 17.3 Å². The number of fused-ring (bicyclic) bond motifs is 6. The van der Waals surface area contributed by atoms with Crippen molar-refractivity contribution in [1.82, 2.24) is 0 Å². The second-order valence-corrected chi connectivity index (χ2v) is 9.54. The number of amidine groups is 1. The first-order valence-corrected chi connectivity index (χ1v) is 11.0. The summed E-state index contributed by atoms with van der Waals surface area (Å²) in [6.07, 6.45) is 16.1. The van der Waals surface area contributed by atoms with Crippen molar-refractivity contribution in [2.45, 2.75) is 50.6 Å². The highest BCUT2D eigenvalue weighted by Gasteiger charge is 2.45. The number of allylic oxidation sites excluding steroid dienone is 7. The minimum atomic E-state index is -0.825. The highest BCUT2D eigenvalue weighted by Crippen LogP contribution is 2.57. The van der Waals surface area contributed by atoms with Crippen LogP contribution >= 0.6 is 11.6 Å². The predicted octanol–water partition coefficient (Wildman–Crippen LogP) is 4.75. The summed E-state index contributed by atoms with van der Waals surface area (Å²) in [5, 5.41) is 0. The van der Waals surface area contributed by atoms with Gasteiger partial charge in [0.1, 0.15) is 5.84 Å². The van der Waals surface area contributed by atoms with Gasteiger partial charge in [-0.05, 0) is 59.1 Å². The van der Waals surface area contributed by atoms with E-state index in [0.717, 1.165) is 5.57 Å². The maximum atomic E-state index is 6.38. The molecule has 0 fully saturated rings. The molecule has 4 aliphatic rings. The molecule has 5 rings (SSSR count). The van der Waals surface area contributed by atoms with Crippen LogP contribution in [0.1, 0.15) is 48.9 Å². The van der Waals surface area contributed by atoms with Gasteiger partial charge in [-0.3, -0.25) is 5.73 Å². The van der Waals surface area contributed by atoms with Crippen molar-refractivity contribution in [3.63, 3.8) is 0 Å². The zero-order valence-corrected chi connectivity index (χ0v) is 17.8. The first kappa shape index (κ1) is 18.9. The van der Waals surface area contributed by atoms with Crippen LogP contribution in [0.3, 0.4) is 0 Å². The lowest BCUT2D eigenvalue weighted by atomic mass is 9.69. The molecular weight excluding hydrogens is 378 g/mol. The zero-order valence-electron chi connectivity index (χ0n) is 17.1. The van der Waals surface area contributed by atoms with Gasteiger partial charge in [-0.25, -0.2) is 4.99 Å². The van der Waals surface area contributed by atoms with E-state index in [2.05, 4.69) is 61.4 Å². The fourth-order valence-electron chi connectivity index (χ4n) is 5.76. The fourth-order valence-corrected chi connectivity index (χ4v) is 5.87. The molecular formula is C25H28ClN3. The van der Waals surface area contributed by atoms with Gasteiger partial charge >= 0.3 is 0 Å². The number of rotatable bonds is 2. The molecule has 3 unspecified atom stereocenters. The lowest BCUT2D eigenvalue weighted by molar-refractivity contribution is 0.618. The standard InChI is InChI=1S/C25H28ClN3/c1-25(2)19-12-11-14-7-3-4-8-15(14)21(19)22-17-10-6-5-9-16(17)18(13-20(22)25)23(27)29-24(26)28/h5-6,9-13,16-17,24H,3-4,7-8,28H2,1-2H3,(H2,27,29). The SMILES string of the molecule is CC1(C)C2=C(c3c1ccc1c3CCCC1)C1C=CC=CC1C(C(N)=NC(N)Cl)=C2. The van der Waals surface area contributed by atoms with Crippen molar-refractivity contribution < 1.29 is 0 Å². The van der Waals surface area contributed by atoms with Crippen molar-refractivity contribution in [2.24, 2.45) is 28.3 Å². The summed E-state index contributed by atoms with van der Waals surface area (Å²) in [7, 11) is 0. The van der Waals surface area contributed by atoms with Gasteiger partial charge in [0, 0.05) is 22.8 Å². The van der Waals surface area contributed by atoms with E-state index in [1.165, 1.54) is 53.5 Å². The van der Waals surface area contributed by atoms with E-state index in [9.17, 15) is 0 Å². The molecule has 0 aliphatic heterocycles. The van der Waals surface area contributed by atoms with Crippen molar-refractivity contribution in [2.75, 3.05) is 0 Å². The van der Waals surface area contributed by atoms with E-state index in [1.807, 2.05) is 0 Å². The minimum absolute atomic E-state index is 0.0638. The number of halogens is 1. The topological polar surface area (TPSA) is 64.4 Å². The summed E-state index contributed by atoms with van der Waals surface area (Å²) in [6.45, 7) is 4.67. The van der Waals surface area contributed by atoms with Gasteiger partial charge in [-0.2, -0.15) is 0 Å². The van der Waals surface area contributed by atoms with E-state index < -0.39 is 5.62 Å². The molecule has 4 N–H and O–H groups in total. The Morgan fingerprint density at radius 2 is 1.86 bits per heavy atom. The molecule has 0 saturated carbocycles. The van der Waals surface area contributed by atoms with E-state index in [4.69, 9.17) is 23.1 Å². The quantitative estimate of drug-likeness (QED) is 0.323. The summed E-state index contributed by atoms with van der Waals surface area (Å²) >= 11 is 5.93. The van der Waals surface area contributed by atoms with Gasteiger partial charge in [0.15, 0.2) is 5.62 Å². The first-order chi connectivity index (χ1) is 13.9. The van der Waals surface area contributed by atoms with Crippen LogP contribution in [-0.4, -0.2) is 11.5 Å². The molecule has 1 aromatic rings. The molecule has 0 saturated heterocycles. The van der Waals surface area contributed by atoms with Gasteiger partial charge < -0.3 is 5.73 Å². The summed E-state index contributed by atoms with van der Waals surface area (Å²) in [5.74, 6) is 0.881. The summed E-state index contributed by atoms with van der Waals surface area (Å²) in [6, 6.07) is 4.74. The van der Waals surface area contributed by atoms with Crippen LogP contribution in [0.2, 0.25) is 0 Å².